The second kappa shape index (κ2) is 4.76. The van der Waals surface area contributed by atoms with E-state index in [-0.39, 0.29) is 0 Å². The van der Waals surface area contributed by atoms with E-state index in [9.17, 15) is 5.11 Å². The van der Waals surface area contributed by atoms with Gasteiger partial charge >= 0.3 is 0 Å². The Morgan fingerprint density at radius 1 is 1.50 bits per heavy atom. The molecule has 1 unspecified atom stereocenters. The first-order valence-corrected chi connectivity index (χ1v) is 6.56. The molecule has 0 aliphatic heterocycles. The van der Waals surface area contributed by atoms with Gasteiger partial charge < -0.3 is 10.0 Å². The highest BCUT2D eigenvalue weighted by molar-refractivity contribution is 9.10. The quantitative estimate of drug-likeness (QED) is 0.916. The van der Waals surface area contributed by atoms with Crippen LogP contribution in [0.4, 0.5) is 5.69 Å². The maximum absolute atomic E-state index is 9.50. The molecule has 0 bridgehead atoms. The molecule has 88 valence electrons. The van der Waals surface area contributed by atoms with Crippen LogP contribution in [0.15, 0.2) is 22.7 Å². The number of benzene rings is 1. The third kappa shape index (κ3) is 2.77. The van der Waals surface area contributed by atoms with E-state index >= 15 is 0 Å². The minimum atomic E-state index is -0.404. The monoisotopic (exact) mass is 283 g/mol. The molecule has 1 fully saturated rings. The molecule has 2 nitrogen and oxygen atoms in total. The largest absolute Gasteiger partial charge is 0.389 e. The van der Waals surface area contributed by atoms with Crippen molar-refractivity contribution in [1.29, 1.82) is 0 Å². The van der Waals surface area contributed by atoms with Gasteiger partial charge in [0.1, 0.15) is 0 Å². The molecule has 0 heterocycles. The Balaban J connectivity index is 2.14. The summed E-state index contributed by atoms with van der Waals surface area (Å²) in [5.41, 5.74) is 2.16. The highest BCUT2D eigenvalue weighted by Gasteiger charge is 2.23. The number of hydrogen-bond acceptors (Lipinski definition) is 2. The van der Waals surface area contributed by atoms with Crippen LogP contribution in [0.1, 0.15) is 31.4 Å². The zero-order valence-corrected chi connectivity index (χ0v) is 11.4. The van der Waals surface area contributed by atoms with E-state index in [1.807, 2.05) is 12.1 Å². The summed E-state index contributed by atoms with van der Waals surface area (Å²) in [6.45, 7) is 2.92. The van der Waals surface area contributed by atoms with Gasteiger partial charge in [0.2, 0.25) is 0 Å². The third-order valence-corrected chi connectivity index (χ3v) is 3.73. The van der Waals surface area contributed by atoms with Crippen molar-refractivity contribution < 1.29 is 5.11 Å². The molecule has 1 aliphatic carbocycles. The summed E-state index contributed by atoms with van der Waals surface area (Å²) in [4.78, 5) is 2.29. The molecule has 0 saturated heterocycles. The standard InChI is InChI=1S/C13H18BrNO/c1-9(16)11-5-6-13(12(14)7-11)15(2)8-10-3-4-10/h5-7,9-10,16H,3-4,8H2,1-2H3. The van der Waals surface area contributed by atoms with Crippen molar-refractivity contribution in [3.8, 4) is 0 Å². The van der Waals surface area contributed by atoms with Crippen LogP contribution in [0.25, 0.3) is 0 Å². The summed E-state index contributed by atoms with van der Waals surface area (Å²) in [5.74, 6) is 0.883. The fraction of sp³-hybridized carbons (Fsp3) is 0.538. The van der Waals surface area contributed by atoms with Crippen LogP contribution < -0.4 is 4.90 Å². The van der Waals surface area contributed by atoms with Crippen LogP contribution in [0.2, 0.25) is 0 Å². The Morgan fingerprint density at radius 3 is 2.69 bits per heavy atom. The van der Waals surface area contributed by atoms with Crippen LogP contribution in [-0.2, 0) is 0 Å². The first-order valence-electron chi connectivity index (χ1n) is 5.76. The highest BCUT2D eigenvalue weighted by atomic mass is 79.9. The summed E-state index contributed by atoms with van der Waals surface area (Å²) in [6.07, 6.45) is 2.33. The maximum Gasteiger partial charge on any atom is 0.0762 e. The number of aliphatic hydroxyl groups excluding tert-OH is 1. The molecule has 16 heavy (non-hydrogen) atoms. The van der Waals surface area contributed by atoms with Gasteiger partial charge in [-0.1, -0.05) is 6.07 Å². The van der Waals surface area contributed by atoms with Crippen molar-refractivity contribution in [3.63, 3.8) is 0 Å². The summed E-state index contributed by atoms with van der Waals surface area (Å²) >= 11 is 3.57. The zero-order valence-electron chi connectivity index (χ0n) is 9.78. The summed E-state index contributed by atoms with van der Waals surface area (Å²) < 4.78 is 1.06. The highest BCUT2D eigenvalue weighted by Crippen LogP contribution is 2.34. The lowest BCUT2D eigenvalue weighted by atomic mass is 10.1. The number of hydrogen-bond donors (Lipinski definition) is 1. The average molecular weight is 284 g/mol. The Hall–Kier alpha value is -0.540. The van der Waals surface area contributed by atoms with Gasteiger partial charge in [-0.25, -0.2) is 0 Å². The normalized spacial score (nSPS) is 17.2. The number of nitrogens with zero attached hydrogens (tertiary/aromatic N) is 1. The average Bonchev–Trinajstić information content (AvgIpc) is 3.01. The lowest BCUT2D eigenvalue weighted by molar-refractivity contribution is 0.199. The molecule has 2 rings (SSSR count). The molecular formula is C13H18BrNO. The van der Waals surface area contributed by atoms with Gasteiger partial charge in [-0.2, -0.15) is 0 Å². The summed E-state index contributed by atoms with van der Waals surface area (Å²) in [5, 5.41) is 9.50. The first-order chi connectivity index (χ1) is 7.58. The molecule has 1 aliphatic rings. The molecule has 1 aromatic rings. The van der Waals surface area contributed by atoms with Crippen molar-refractivity contribution in [2.24, 2.45) is 5.92 Å². The lowest BCUT2D eigenvalue weighted by Crippen LogP contribution is -2.20. The fourth-order valence-electron chi connectivity index (χ4n) is 1.88. The SMILES string of the molecule is CC(O)c1ccc(N(C)CC2CC2)c(Br)c1. The number of anilines is 1. The van der Waals surface area contributed by atoms with Crippen LogP contribution in [0.5, 0.6) is 0 Å². The van der Waals surface area contributed by atoms with E-state index in [1.165, 1.54) is 18.5 Å². The van der Waals surface area contributed by atoms with Crippen LogP contribution in [0, 0.1) is 5.92 Å². The topological polar surface area (TPSA) is 23.5 Å². The Labute approximate surface area is 105 Å². The predicted octanol–water partition coefficient (Wildman–Crippen LogP) is 3.35. The first kappa shape index (κ1) is 11.9. The van der Waals surface area contributed by atoms with E-state index in [4.69, 9.17) is 0 Å². The smallest absolute Gasteiger partial charge is 0.0762 e. The Morgan fingerprint density at radius 2 is 2.19 bits per heavy atom. The molecule has 1 aromatic carbocycles. The minimum Gasteiger partial charge on any atom is -0.389 e. The molecule has 3 heteroatoms. The molecule has 1 atom stereocenters. The van der Waals surface area contributed by atoms with Gasteiger partial charge in [0.25, 0.3) is 0 Å². The summed E-state index contributed by atoms with van der Waals surface area (Å²) in [7, 11) is 2.13. The fourth-order valence-corrected chi connectivity index (χ4v) is 2.58. The van der Waals surface area contributed by atoms with Gasteiger partial charge in [0, 0.05) is 18.1 Å². The van der Waals surface area contributed by atoms with Crippen LogP contribution in [-0.4, -0.2) is 18.7 Å². The number of aliphatic hydroxyl groups is 1. The second-order valence-electron chi connectivity index (χ2n) is 4.71. The van der Waals surface area contributed by atoms with Crippen molar-refractivity contribution in [3.05, 3.63) is 28.2 Å². The predicted molar refractivity (Wildman–Crippen MR) is 70.8 cm³/mol. The van der Waals surface area contributed by atoms with E-state index in [1.54, 1.807) is 6.92 Å². The van der Waals surface area contributed by atoms with E-state index in [0.29, 0.717) is 0 Å². The summed E-state index contributed by atoms with van der Waals surface area (Å²) in [6, 6.07) is 6.08. The Kier molecular flexibility index (Phi) is 3.55. The van der Waals surface area contributed by atoms with Crippen molar-refractivity contribution in [2.45, 2.75) is 25.9 Å². The van der Waals surface area contributed by atoms with Gasteiger partial charge in [-0.3, -0.25) is 0 Å². The molecular weight excluding hydrogens is 266 g/mol. The molecule has 0 spiro atoms. The van der Waals surface area contributed by atoms with E-state index in [2.05, 4.69) is 33.9 Å². The Bertz CT molecular complexity index is 374. The van der Waals surface area contributed by atoms with E-state index < -0.39 is 6.10 Å². The second-order valence-corrected chi connectivity index (χ2v) is 5.57. The van der Waals surface area contributed by atoms with Gasteiger partial charge in [0.05, 0.1) is 11.8 Å². The van der Waals surface area contributed by atoms with Crippen LogP contribution >= 0.6 is 15.9 Å². The zero-order chi connectivity index (χ0) is 11.7. The molecule has 0 radical (unpaired) electrons. The number of halogens is 1. The maximum atomic E-state index is 9.50. The minimum absolute atomic E-state index is 0.404. The van der Waals surface area contributed by atoms with Gasteiger partial charge in [0.15, 0.2) is 0 Å². The lowest BCUT2D eigenvalue weighted by Gasteiger charge is -2.21. The van der Waals surface area contributed by atoms with Crippen molar-refractivity contribution >= 4 is 21.6 Å². The molecule has 0 amide bonds. The number of rotatable bonds is 4. The van der Waals surface area contributed by atoms with Crippen molar-refractivity contribution in [1.82, 2.24) is 0 Å². The molecule has 0 aromatic heterocycles. The third-order valence-electron chi connectivity index (χ3n) is 3.09. The van der Waals surface area contributed by atoms with Crippen molar-refractivity contribution in [2.75, 3.05) is 18.5 Å². The van der Waals surface area contributed by atoms with Crippen LogP contribution in [0.3, 0.4) is 0 Å². The van der Waals surface area contributed by atoms with Gasteiger partial charge in [-0.05, 0) is 59.3 Å². The molecule has 1 N–H and O–H groups in total. The van der Waals surface area contributed by atoms with E-state index in [0.717, 1.165) is 22.5 Å². The molecule has 1 saturated carbocycles. The van der Waals surface area contributed by atoms with Gasteiger partial charge in [-0.15, -0.1) is 0 Å².